The number of aliphatic hydroxyl groups excluding tert-OH is 2. The largest absolute Gasteiger partial charge is 0.459 e. The van der Waals surface area contributed by atoms with Gasteiger partial charge in [0.1, 0.15) is 30.4 Å². The molecule has 3 aliphatic carbocycles. The van der Waals surface area contributed by atoms with Gasteiger partial charge < -0.3 is 43.6 Å². The summed E-state index contributed by atoms with van der Waals surface area (Å²) in [7, 11) is 1.57. The molecule has 2 fully saturated rings. The Hall–Kier alpha value is -4.49. The van der Waals surface area contributed by atoms with Gasteiger partial charge in [0.2, 0.25) is 18.5 Å². The van der Waals surface area contributed by atoms with Crippen LogP contribution in [-0.4, -0.2) is 78.5 Å². The van der Waals surface area contributed by atoms with Crippen molar-refractivity contribution in [1.29, 1.82) is 0 Å². The zero-order valence-electron chi connectivity index (χ0n) is 34.1. The minimum atomic E-state index is -1.34. The molecule has 59 heavy (non-hydrogen) atoms. The standard InChI is InChI=1S/C47H56N2O9S/c1-4-23-56-47-43(49(46(52)31-12-13-31)28-30-11-19-41-42(24-30)55-29-54-41)27-39(48-53-2)37-25-32(9-5-7-21-50)36(10-6-8-22-51)44(45(37)47)38-26-34(16-20-40(38)58-47)57-33-14-17-35(59-3)18-15-33/h4,11,14-20,24-26,31-32,36,43-45,50-51H,1,5-10,12-13,21-23,27-29H2,2-3H3. The number of amides is 1. The highest BCUT2D eigenvalue weighted by Gasteiger charge is 2.66. The second-order valence-corrected chi connectivity index (χ2v) is 17.0. The number of aliphatic hydroxyl groups is 2. The molecule has 12 heteroatoms. The normalized spacial score (nSPS) is 25.7. The smallest absolute Gasteiger partial charge is 0.239 e. The van der Waals surface area contributed by atoms with Crippen LogP contribution in [0.15, 0.2) is 95.0 Å². The molecule has 3 aromatic carbocycles. The van der Waals surface area contributed by atoms with Crippen molar-refractivity contribution >= 4 is 23.4 Å². The quantitative estimate of drug-likeness (QED) is 0.0525. The summed E-state index contributed by atoms with van der Waals surface area (Å²) in [6, 6.07) is 19.3. The van der Waals surface area contributed by atoms with Crippen LogP contribution < -0.4 is 18.9 Å². The summed E-state index contributed by atoms with van der Waals surface area (Å²) in [6.07, 6.45) is 12.9. The number of allylic oxidation sites excluding steroid dienone is 1. The van der Waals surface area contributed by atoms with Gasteiger partial charge in [-0.25, -0.2) is 0 Å². The third-order valence-corrected chi connectivity index (χ3v) is 13.3. The van der Waals surface area contributed by atoms with Crippen LogP contribution in [0.2, 0.25) is 0 Å². The Balaban J connectivity index is 1.30. The number of nitrogens with zero attached hydrogens (tertiary/aromatic N) is 2. The summed E-state index contributed by atoms with van der Waals surface area (Å²) in [5.41, 5.74) is 3.67. The molecule has 6 unspecified atom stereocenters. The maximum Gasteiger partial charge on any atom is 0.239 e. The SMILES string of the molecule is C=CCOC12Oc3ccc(Oc4ccc(SC)cc4)cc3C3C(CCCCO)C(CCCCO)C=C(C(=NOC)CC1N(Cc1ccc4c(c1)OCO4)C(=O)C1CC1)C32. The molecular formula is C47H56N2O9S. The van der Waals surface area contributed by atoms with Crippen LogP contribution in [0.4, 0.5) is 0 Å². The van der Waals surface area contributed by atoms with Gasteiger partial charge in [0.25, 0.3) is 0 Å². The minimum Gasteiger partial charge on any atom is -0.459 e. The molecule has 0 aromatic heterocycles. The number of carbonyl (C=O) groups is 1. The van der Waals surface area contributed by atoms with Crippen molar-refractivity contribution in [3.8, 4) is 28.7 Å². The number of hydrogen-bond acceptors (Lipinski definition) is 11. The Morgan fingerprint density at radius 3 is 2.44 bits per heavy atom. The van der Waals surface area contributed by atoms with Crippen LogP contribution in [0.5, 0.6) is 28.7 Å². The Labute approximate surface area is 351 Å². The van der Waals surface area contributed by atoms with Crippen molar-refractivity contribution in [2.75, 3.05) is 40.0 Å². The molecule has 2 aliphatic heterocycles. The molecule has 2 N–H and O–H groups in total. The van der Waals surface area contributed by atoms with E-state index in [1.54, 1.807) is 24.9 Å². The van der Waals surface area contributed by atoms with E-state index in [1.807, 2.05) is 47.4 Å². The summed E-state index contributed by atoms with van der Waals surface area (Å²) in [5.74, 6) is 1.73. The van der Waals surface area contributed by atoms with E-state index < -0.39 is 17.7 Å². The molecule has 8 rings (SSSR count). The van der Waals surface area contributed by atoms with E-state index in [0.717, 1.165) is 71.6 Å². The number of benzene rings is 3. The van der Waals surface area contributed by atoms with Gasteiger partial charge in [-0.05, 0) is 122 Å². The van der Waals surface area contributed by atoms with E-state index in [0.29, 0.717) is 48.8 Å². The van der Waals surface area contributed by atoms with Gasteiger partial charge in [-0.1, -0.05) is 36.2 Å². The van der Waals surface area contributed by atoms with E-state index >= 15 is 0 Å². The molecular weight excluding hydrogens is 769 g/mol. The number of unbranched alkanes of at least 4 members (excludes halogenated alkanes) is 2. The fourth-order valence-electron chi connectivity index (χ4n) is 9.74. The van der Waals surface area contributed by atoms with Gasteiger partial charge in [-0.2, -0.15) is 0 Å². The van der Waals surface area contributed by atoms with Crippen molar-refractivity contribution in [2.24, 2.45) is 28.8 Å². The third kappa shape index (κ3) is 8.46. The highest BCUT2D eigenvalue weighted by molar-refractivity contribution is 7.98. The van der Waals surface area contributed by atoms with E-state index in [-0.39, 0.29) is 56.2 Å². The lowest BCUT2D eigenvalue weighted by Crippen LogP contribution is -2.70. The first-order valence-electron chi connectivity index (χ1n) is 21.0. The molecule has 0 radical (unpaired) electrons. The molecule has 314 valence electrons. The zero-order valence-corrected chi connectivity index (χ0v) is 34.9. The van der Waals surface area contributed by atoms with E-state index in [1.165, 1.54) is 0 Å². The fraction of sp³-hybridized carbons (Fsp3) is 0.489. The first kappa shape index (κ1) is 41.3. The highest BCUT2D eigenvalue weighted by atomic mass is 32.2. The molecule has 0 bridgehead atoms. The summed E-state index contributed by atoms with van der Waals surface area (Å²) in [6.45, 7) is 4.95. The van der Waals surface area contributed by atoms with Crippen LogP contribution in [0.25, 0.3) is 0 Å². The maximum atomic E-state index is 14.8. The van der Waals surface area contributed by atoms with Crippen molar-refractivity contribution in [2.45, 2.75) is 87.0 Å². The van der Waals surface area contributed by atoms with Gasteiger partial charge in [0.05, 0.1) is 18.2 Å². The summed E-state index contributed by atoms with van der Waals surface area (Å²) >= 11 is 1.68. The first-order valence-corrected chi connectivity index (χ1v) is 22.3. The van der Waals surface area contributed by atoms with E-state index in [9.17, 15) is 15.0 Å². The second-order valence-electron chi connectivity index (χ2n) is 16.2. The maximum absolute atomic E-state index is 14.8. The molecule has 5 aliphatic rings. The lowest BCUT2D eigenvalue weighted by Gasteiger charge is -2.60. The van der Waals surface area contributed by atoms with Crippen molar-refractivity contribution < 1.29 is 43.5 Å². The summed E-state index contributed by atoms with van der Waals surface area (Å²) in [4.78, 5) is 23.5. The highest BCUT2D eigenvalue weighted by Crippen LogP contribution is 2.62. The average molecular weight is 825 g/mol. The number of oxime groups is 1. The van der Waals surface area contributed by atoms with Crippen LogP contribution in [-0.2, 0) is 20.9 Å². The second kappa shape index (κ2) is 18.4. The minimum absolute atomic E-state index is 0.0535. The predicted molar refractivity (Wildman–Crippen MR) is 226 cm³/mol. The van der Waals surface area contributed by atoms with Crippen LogP contribution in [0.3, 0.4) is 0 Å². The van der Waals surface area contributed by atoms with Gasteiger partial charge in [0, 0.05) is 48.5 Å². The van der Waals surface area contributed by atoms with E-state index in [2.05, 4.69) is 37.1 Å². The zero-order chi connectivity index (χ0) is 40.9. The Bertz CT molecular complexity index is 2030. The predicted octanol–water partition coefficient (Wildman–Crippen LogP) is 8.63. The van der Waals surface area contributed by atoms with Crippen LogP contribution in [0.1, 0.15) is 74.8 Å². The van der Waals surface area contributed by atoms with Gasteiger partial charge in [0.15, 0.2) is 11.5 Å². The lowest BCUT2D eigenvalue weighted by atomic mass is 9.55. The Morgan fingerprint density at radius 2 is 1.71 bits per heavy atom. The molecule has 1 amide bonds. The monoisotopic (exact) mass is 824 g/mol. The Kier molecular flexibility index (Phi) is 12.9. The fourth-order valence-corrected chi connectivity index (χ4v) is 10.2. The molecule has 3 aromatic rings. The van der Waals surface area contributed by atoms with Crippen molar-refractivity contribution in [3.05, 3.63) is 96.1 Å². The van der Waals surface area contributed by atoms with Crippen LogP contribution in [0, 0.1) is 23.7 Å². The number of carbonyl (C=O) groups excluding carboxylic acids is 1. The number of ether oxygens (including phenoxy) is 5. The van der Waals surface area contributed by atoms with E-state index in [4.69, 9.17) is 33.7 Å². The van der Waals surface area contributed by atoms with Crippen molar-refractivity contribution in [3.63, 3.8) is 0 Å². The third-order valence-electron chi connectivity index (χ3n) is 12.5. The number of hydrogen-bond donors (Lipinski definition) is 2. The average Bonchev–Trinajstić information content (AvgIpc) is 4.01. The van der Waals surface area contributed by atoms with Crippen LogP contribution >= 0.6 is 11.8 Å². The van der Waals surface area contributed by atoms with Gasteiger partial charge >= 0.3 is 0 Å². The van der Waals surface area contributed by atoms with Gasteiger partial charge in [-0.3, -0.25) is 4.79 Å². The molecule has 0 saturated heterocycles. The summed E-state index contributed by atoms with van der Waals surface area (Å²) < 4.78 is 32.5. The molecule has 11 nitrogen and oxygen atoms in total. The first-order chi connectivity index (χ1) is 28.9. The molecule has 2 heterocycles. The number of rotatable bonds is 19. The lowest BCUT2D eigenvalue weighted by molar-refractivity contribution is -0.258. The Morgan fingerprint density at radius 1 is 0.966 bits per heavy atom. The number of thioether (sulfide) groups is 1. The topological polar surface area (TPSA) is 129 Å². The molecule has 0 spiro atoms. The molecule has 2 saturated carbocycles. The van der Waals surface area contributed by atoms with Crippen molar-refractivity contribution in [1.82, 2.24) is 4.90 Å². The number of fused-ring (bicyclic) bond motifs is 3. The van der Waals surface area contributed by atoms with Gasteiger partial charge in [-0.15, -0.1) is 18.3 Å². The molecule has 6 atom stereocenters. The summed E-state index contributed by atoms with van der Waals surface area (Å²) in [5, 5.41) is 24.6.